The second kappa shape index (κ2) is 6.43. The fourth-order valence-corrected chi connectivity index (χ4v) is 3.78. The van der Waals surface area contributed by atoms with Crippen molar-refractivity contribution in [1.29, 1.82) is 0 Å². The smallest absolute Gasteiger partial charge is 0.115 e. The zero-order valence-corrected chi connectivity index (χ0v) is 13.1. The van der Waals surface area contributed by atoms with Crippen LogP contribution in [0.1, 0.15) is 61.1 Å². The normalized spacial score (nSPS) is 21.7. The molecular weight excluding hydrogens is 272 g/mol. The number of aryl methyl sites for hydroxylation is 1. The molecule has 0 aromatic heterocycles. The maximum atomic E-state index is 9.66. The first kappa shape index (κ1) is 15.0. The van der Waals surface area contributed by atoms with Crippen LogP contribution in [0.3, 0.4) is 0 Å². The van der Waals surface area contributed by atoms with Crippen molar-refractivity contribution in [2.75, 3.05) is 0 Å². The van der Waals surface area contributed by atoms with Gasteiger partial charge in [0.05, 0.1) is 0 Å². The lowest BCUT2D eigenvalue weighted by molar-refractivity contribution is 0.394. The van der Waals surface area contributed by atoms with Gasteiger partial charge in [-0.3, -0.25) is 0 Å². The lowest BCUT2D eigenvalue weighted by Gasteiger charge is -2.30. The van der Waals surface area contributed by atoms with Gasteiger partial charge >= 0.3 is 0 Å². The summed E-state index contributed by atoms with van der Waals surface area (Å²) in [6.07, 6.45) is 5.76. The Hall–Kier alpha value is -1.96. The Morgan fingerprint density at radius 2 is 1.41 bits per heavy atom. The van der Waals surface area contributed by atoms with Crippen molar-refractivity contribution in [3.05, 3.63) is 59.2 Å². The van der Waals surface area contributed by atoms with Crippen molar-refractivity contribution in [1.82, 2.24) is 0 Å². The van der Waals surface area contributed by atoms with Crippen LogP contribution in [0.25, 0.3) is 0 Å². The molecule has 22 heavy (non-hydrogen) atoms. The molecule has 2 aromatic rings. The summed E-state index contributed by atoms with van der Waals surface area (Å²) < 4.78 is 0. The lowest BCUT2D eigenvalue weighted by Crippen LogP contribution is -2.13. The van der Waals surface area contributed by atoms with Crippen LogP contribution in [0, 0.1) is 0 Å². The van der Waals surface area contributed by atoms with Crippen molar-refractivity contribution in [2.45, 2.75) is 50.9 Å². The monoisotopic (exact) mass is 296 g/mol. The second-order valence-corrected chi connectivity index (χ2v) is 6.38. The minimum Gasteiger partial charge on any atom is -0.508 e. The minimum atomic E-state index is 0.342. The molecule has 2 N–H and O–H groups in total. The summed E-state index contributed by atoms with van der Waals surface area (Å²) in [5.41, 5.74) is 4.05. The predicted octanol–water partition coefficient (Wildman–Crippen LogP) is 5.10. The fraction of sp³-hybridized carbons (Fsp3) is 0.400. The van der Waals surface area contributed by atoms with Crippen LogP contribution >= 0.6 is 0 Å². The standard InChI is InChI=1S/C20H24O2/c1-2-14-13-19(22)11-12-20(14)17-5-3-15(4-6-17)16-7-9-18(21)10-8-16/h7-13,15,17,21-22H,2-6H2,1H3. The van der Waals surface area contributed by atoms with E-state index in [1.54, 1.807) is 12.1 Å². The Balaban J connectivity index is 1.70. The van der Waals surface area contributed by atoms with Gasteiger partial charge < -0.3 is 10.2 Å². The summed E-state index contributed by atoms with van der Waals surface area (Å²) in [6, 6.07) is 13.5. The summed E-state index contributed by atoms with van der Waals surface area (Å²) in [5, 5.41) is 19.1. The number of hydrogen-bond acceptors (Lipinski definition) is 2. The number of benzene rings is 2. The van der Waals surface area contributed by atoms with Crippen molar-refractivity contribution >= 4 is 0 Å². The number of hydrogen-bond donors (Lipinski definition) is 2. The molecule has 116 valence electrons. The molecule has 2 aromatic carbocycles. The van der Waals surface area contributed by atoms with Gasteiger partial charge in [-0.1, -0.05) is 25.1 Å². The van der Waals surface area contributed by atoms with Gasteiger partial charge in [0.2, 0.25) is 0 Å². The predicted molar refractivity (Wildman–Crippen MR) is 89.5 cm³/mol. The van der Waals surface area contributed by atoms with Gasteiger partial charge in [-0.05, 0) is 84.9 Å². The highest BCUT2D eigenvalue weighted by molar-refractivity contribution is 5.38. The Kier molecular flexibility index (Phi) is 4.37. The summed E-state index contributed by atoms with van der Waals surface area (Å²) in [6.45, 7) is 2.15. The van der Waals surface area contributed by atoms with E-state index in [0.717, 1.165) is 6.42 Å². The lowest BCUT2D eigenvalue weighted by atomic mass is 9.75. The molecule has 1 aliphatic carbocycles. The summed E-state index contributed by atoms with van der Waals surface area (Å²) in [5.74, 6) is 1.94. The van der Waals surface area contributed by atoms with Gasteiger partial charge in [0.15, 0.2) is 0 Å². The van der Waals surface area contributed by atoms with Gasteiger partial charge in [-0.2, -0.15) is 0 Å². The molecule has 1 fully saturated rings. The van der Waals surface area contributed by atoms with Gasteiger partial charge in [-0.25, -0.2) is 0 Å². The van der Waals surface area contributed by atoms with Crippen molar-refractivity contribution in [2.24, 2.45) is 0 Å². The highest BCUT2D eigenvalue weighted by Gasteiger charge is 2.24. The summed E-state index contributed by atoms with van der Waals surface area (Å²) in [4.78, 5) is 0. The average Bonchev–Trinajstić information content (AvgIpc) is 2.56. The third kappa shape index (κ3) is 3.11. The van der Waals surface area contributed by atoms with Crippen molar-refractivity contribution in [3.63, 3.8) is 0 Å². The molecule has 2 nitrogen and oxygen atoms in total. The molecular formula is C20H24O2. The SMILES string of the molecule is CCc1cc(O)ccc1C1CCC(c2ccc(O)cc2)CC1. The Morgan fingerprint density at radius 3 is 2.05 bits per heavy atom. The van der Waals surface area contributed by atoms with Crippen molar-refractivity contribution in [3.8, 4) is 11.5 Å². The van der Waals surface area contributed by atoms with Gasteiger partial charge in [0.1, 0.15) is 11.5 Å². The van der Waals surface area contributed by atoms with Crippen LogP contribution in [0.5, 0.6) is 11.5 Å². The van der Waals surface area contributed by atoms with E-state index < -0.39 is 0 Å². The molecule has 0 spiro atoms. The van der Waals surface area contributed by atoms with E-state index >= 15 is 0 Å². The van der Waals surface area contributed by atoms with E-state index in [1.807, 2.05) is 12.1 Å². The van der Waals surface area contributed by atoms with Gasteiger partial charge in [0, 0.05) is 0 Å². The Bertz CT molecular complexity index is 623. The van der Waals surface area contributed by atoms with Crippen LogP contribution in [0.4, 0.5) is 0 Å². The molecule has 0 aliphatic heterocycles. The molecule has 0 saturated heterocycles. The van der Waals surface area contributed by atoms with Crippen LogP contribution < -0.4 is 0 Å². The third-order valence-corrected chi connectivity index (χ3v) is 5.04. The number of phenols is 2. The van der Waals surface area contributed by atoms with Gasteiger partial charge in [-0.15, -0.1) is 0 Å². The minimum absolute atomic E-state index is 0.342. The van der Waals surface area contributed by atoms with Crippen LogP contribution in [0.2, 0.25) is 0 Å². The molecule has 1 saturated carbocycles. The number of aromatic hydroxyl groups is 2. The van der Waals surface area contributed by atoms with Crippen LogP contribution in [-0.4, -0.2) is 10.2 Å². The second-order valence-electron chi connectivity index (χ2n) is 6.38. The molecule has 1 aliphatic rings. The van der Waals surface area contributed by atoms with E-state index in [9.17, 15) is 10.2 Å². The van der Waals surface area contributed by atoms with Gasteiger partial charge in [0.25, 0.3) is 0 Å². The zero-order valence-electron chi connectivity index (χ0n) is 13.1. The molecule has 2 heteroatoms. The Morgan fingerprint density at radius 1 is 0.818 bits per heavy atom. The molecule has 0 radical (unpaired) electrons. The van der Waals surface area contributed by atoms with Crippen molar-refractivity contribution < 1.29 is 10.2 Å². The Labute approximate surface area is 132 Å². The first-order chi connectivity index (χ1) is 10.7. The van der Waals surface area contributed by atoms with Crippen LogP contribution in [0.15, 0.2) is 42.5 Å². The summed E-state index contributed by atoms with van der Waals surface area (Å²) >= 11 is 0. The highest BCUT2D eigenvalue weighted by Crippen LogP contribution is 2.42. The summed E-state index contributed by atoms with van der Waals surface area (Å²) in [7, 11) is 0. The van der Waals surface area contributed by atoms with E-state index in [2.05, 4.69) is 25.1 Å². The largest absolute Gasteiger partial charge is 0.508 e. The molecule has 0 amide bonds. The highest BCUT2D eigenvalue weighted by atomic mass is 16.3. The number of rotatable bonds is 3. The molecule has 0 bridgehead atoms. The van der Waals surface area contributed by atoms with Crippen LogP contribution in [-0.2, 0) is 6.42 Å². The maximum Gasteiger partial charge on any atom is 0.115 e. The number of phenolic OH excluding ortho intramolecular Hbond substituents is 2. The zero-order chi connectivity index (χ0) is 15.5. The molecule has 3 rings (SSSR count). The molecule has 0 heterocycles. The van der Waals surface area contributed by atoms with E-state index in [1.165, 1.54) is 42.4 Å². The maximum absolute atomic E-state index is 9.66. The average molecular weight is 296 g/mol. The first-order valence-electron chi connectivity index (χ1n) is 8.28. The van der Waals surface area contributed by atoms with E-state index in [0.29, 0.717) is 23.3 Å². The molecule has 0 unspecified atom stereocenters. The topological polar surface area (TPSA) is 40.5 Å². The molecule has 0 atom stereocenters. The fourth-order valence-electron chi connectivity index (χ4n) is 3.78. The quantitative estimate of drug-likeness (QED) is 0.827. The van der Waals surface area contributed by atoms with E-state index in [4.69, 9.17) is 0 Å². The first-order valence-corrected chi connectivity index (χ1v) is 8.28. The van der Waals surface area contributed by atoms with E-state index in [-0.39, 0.29) is 0 Å². The third-order valence-electron chi connectivity index (χ3n) is 5.04.